The Balaban J connectivity index is 1.91. The molecule has 19 heavy (non-hydrogen) atoms. The smallest absolute Gasteiger partial charge is 0.0510 e. The quantitative estimate of drug-likeness (QED) is 0.865. The Morgan fingerprint density at radius 1 is 1.47 bits per heavy atom. The molecule has 3 unspecified atom stereocenters. The zero-order chi connectivity index (χ0) is 13.7. The highest BCUT2D eigenvalue weighted by molar-refractivity contribution is 7.84. The summed E-state index contributed by atoms with van der Waals surface area (Å²) in [5, 5.41) is 3.30. The van der Waals surface area contributed by atoms with E-state index in [1.807, 2.05) is 19.2 Å². The predicted octanol–water partition coefficient (Wildman–Crippen LogP) is 1.87. The standard InChI is InChI=1S/C15H23NO2S/c1-12-5-3-4-6-14(12)10-19(17)11-15(16-2)13-7-8-18-9-13/h3-6,13,15-16H,7-11H2,1-2H3. The topological polar surface area (TPSA) is 38.3 Å². The van der Waals surface area contributed by atoms with Crippen molar-refractivity contribution in [2.24, 2.45) is 5.92 Å². The van der Waals surface area contributed by atoms with Crippen LogP contribution in [0.25, 0.3) is 0 Å². The Kier molecular flexibility index (Phi) is 5.55. The maximum absolute atomic E-state index is 12.3. The van der Waals surface area contributed by atoms with Crippen LogP contribution in [-0.2, 0) is 21.3 Å². The molecule has 0 spiro atoms. The largest absolute Gasteiger partial charge is 0.381 e. The fraction of sp³-hybridized carbons (Fsp3) is 0.600. The number of hydrogen-bond acceptors (Lipinski definition) is 3. The van der Waals surface area contributed by atoms with Gasteiger partial charge in [0.05, 0.1) is 6.61 Å². The van der Waals surface area contributed by atoms with E-state index in [2.05, 4.69) is 24.4 Å². The average molecular weight is 281 g/mol. The Labute approximate surface area is 118 Å². The van der Waals surface area contributed by atoms with Gasteiger partial charge in [0.2, 0.25) is 0 Å². The maximum atomic E-state index is 12.3. The van der Waals surface area contributed by atoms with Crippen LogP contribution >= 0.6 is 0 Å². The molecule has 0 bridgehead atoms. The van der Waals surface area contributed by atoms with Crippen molar-refractivity contribution in [3.8, 4) is 0 Å². The van der Waals surface area contributed by atoms with E-state index in [9.17, 15) is 4.21 Å². The van der Waals surface area contributed by atoms with Crippen molar-refractivity contribution in [1.82, 2.24) is 5.32 Å². The van der Waals surface area contributed by atoms with Gasteiger partial charge in [-0.3, -0.25) is 4.21 Å². The van der Waals surface area contributed by atoms with E-state index in [0.29, 0.717) is 23.5 Å². The molecule has 1 aromatic carbocycles. The molecule has 106 valence electrons. The molecule has 3 nitrogen and oxygen atoms in total. The molecule has 0 aliphatic carbocycles. The molecule has 0 saturated carbocycles. The van der Waals surface area contributed by atoms with E-state index in [4.69, 9.17) is 4.74 Å². The highest BCUT2D eigenvalue weighted by Crippen LogP contribution is 2.18. The third kappa shape index (κ3) is 4.13. The van der Waals surface area contributed by atoms with Crippen LogP contribution in [-0.4, -0.2) is 36.3 Å². The minimum Gasteiger partial charge on any atom is -0.381 e. The number of benzene rings is 1. The molecule has 1 aliphatic rings. The van der Waals surface area contributed by atoms with Crippen molar-refractivity contribution in [3.05, 3.63) is 35.4 Å². The van der Waals surface area contributed by atoms with Gasteiger partial charge in [-0.2, -0.15) is 0 Å². The average Bonchev–Trinajstić information content (AvgIpc) is 2.92. The Hall–Kier alpha value is -0.710. The van der Waals surface area contributed by atoms with E-state index in [0.717, 1.165) is 19.6 Å². The second-order valence-corrected chi connectivity index (χ2v) is 6.70. The summed E-state index contributed by atoms with van der Waals surface area (Å²) >= 11 is 0. The number of aryl methyl sites for hydroxylation is 1. The molecular weight excluding hydrogens is 258 g/mol. The summed E-state index contributed by atoms with van der Waals surface area (Å²) in [6, 6.07) is 8.48. The van der Waals surface area contributed by atoms with Gasteiger partial charge < -0.3 is 10.1 Å². The molecule has 0 aromatic heterocycles. The molecule has 1 N–H and O–H groups in total. The van der Waals surface area contributed by atoms with Crippen molar-refractivity contribution in [3.63, 3.8) is 0 Å². The highest BCUT2D eigenvalue weighted by atomic mass is 32.2. The lowest BCUT2D eigenvalue weighted by atomic mass is 10.0. The van der Waals surface area contributed by atoms with E-state index < -0.39 is 10.8 Å². The molecule has 1 aliphatic heterocycles. The Morgan fingerprint density at radius 3 is 2.89 bits per heavy atom. The zero-order valence-corrected chi connectivity index (χ0v) is 12.5. The van der Waals surface area contributed by atoms with Gasteiger partial charge in [-0.05, 0) is 31.5 Å². The van der Waals surface area contributed by atoms with Gasteiger partial charge in [0.25, 0.3) is 0 Å². The molecule has 1 fully saturated rings. The first kappa shape index (κ1) is 14.7. The minimum atomic E-state index is -0.825. The Bertz CT molecular complexity index is 430. The van der Waals surface area contributed by atoms with E-state index in [1.165, 1.54) is 11.1 Å². The third-order valence-corrected chi connectivity index (χ3v) is 5.21. The van der Waals surface area contributed by atoms with Crippen LogP contribution in [0.1, 0.15) is 17.5 Å². The molecule has 0 radical (unpaired) electrons. The van der Waals surface area contributed by atoms with Crippen molar-refractivity contribution in [1.29, 1.82) is 0 Å². The van der Waals surface area contributed by atoms with E-state index in [1.54, 1.807) is 0 Å². The van der Waals surface area contributed by atoms with Crippen molar-refractivity contribution < 1.29 is 8.95 Å². The van der Waals surface area contributed by atoms with Gasteiger partial charge in [0, 0.05) is 40.9 Å². The number of rotatable bonds is 6. The van der Waals surface area contributed by atoms with Gasteiger partial charge in [-0.25, -0.2) is 0 Å². The monoisotopic (exact) mass is 281 g/mol. The second-order valence-electron chi connectivity index (χ2n) is 5.20. The fourth-order valence-corrected chi connectivity index (χ4v) is 4.16. The van der Waals surface area contributed by atoms with Crippen LogP contribution in [0, 0.1) is 12.8 Å². The molecule has 2 rings (SSSR count). The fourth-order valence-electron chi connectivity index (χ4n) is 2.53. The lowest BCUT2D eigenvalue weighted by Crippen LogP contribution is -2.38. The molecular formula is C15H23NO2S. The molecule has 4 heteroatoms. The Morgan fingerprint density at radius 2 is 2.26 bits per heavy atom. The number of hydrogen-bond donors (Lipinski definition) is 1. The van der Waals surface area contributed by atoms with Gasteiger partial charge in [0.1, 0.15) is 0 Å². The van der Waals surface area contributed by atoms with Crippen LogP contribution in [0.4, 0.5) is 0 Å². The summed E-state index contributed by atoms with van der Waals surface area (Å²) in [7, 11) is 1.13. The van der Waals surface area contributed by atoms with E-state index in [-0.39, 0.29) is 0 Å². The van der Waals surface area contributed by atoms with Crippen LogP contribution in [0.2, 0.25) is 0 Å². The minimum absolute atomic E-state index is 0.298. The van der Waals surface area contributed by atoms with Crippen molar-refractivity contribution in [2.45, 2.75) is 25.1 Å². The van der Waals surface area contributed by atoms with Crippen LogP contribution in [0.5, 0.6) is 0 Å². The zero-order valence-electron chi connectivity index (χ0n) is 11.7. The molecule has 3 atom stereocenters. The molecule has 1 heterocycles. The normalized spacial score (nSPS) is 22.3. The molecule has 1 aromatic rings. The lowest BCUT2D eigenvalue weighted by Gasteiger charge is -2.21. The highest BCUT2D eigenvalue weighted by Gasteiger charge is 2.26. The van der Waals surface area contributed by atoms with E-state index >= 15 is 0 Å². The number of nitrogens with one attached hydrogen (secondary N) is 1. The van der Waals surface area contributed by atoms with Gasteiger partial charge in [-0.1, -0.05) is 24.3 Å². The van der Waals surface area contributed by atoms with Crippen LogP contribution < -0.4 is 5.32 Å². The maximum Gasteiger partial charge on any atom is 0.0510 e. The van der Waals surface area contributed by atoms with Crippen molar-refractivity contribution in [2.75, 3.05) is 26.0 Å². The lowest BCUT2D eigenvalue weighted by molar-refractivity contribution is 0.179. The first-order valence-electron chi connectivity index (χ1n) is 6.85. The second kappa shape index (κ2) is 7.17. The summed E-state index contributed by atoms with van der Waals surface area (Å²) in [5.74, 6) is 1.86. The summed E-state index contributed by atoms with van der Waals surface area (Å²) in [6.07, 6.45) is 1.08. The van der Waals surface area contributed by atoms with Gasteiger partial charge >= 0.3 is 0 Å². The SMILES string of the molecule is CNC(CS(=O)Cc1ccccc1C)C1CCOC1. The summed E-state index contributed by atoms with van der Waals surface area (Å²) in [5.41, 5.74) is 2.42. The predicted molar refractivity (Wildman–Crippen MR) is 79.7 cm³/mol. The van der Waals surface area contributed by atoms with Crippen molar-refractivity contribution >= 4 is 10.8 Å². The van der Waals surface area contributed by atoms with Crippen LogP contribution in [0.15, 0.2) is 24.3 Å². The van der Waals surface area contributed by atoms with Gasteiger partial charge in [0.15, 0.2) is 0 Å². The van der Waals surface area contributed by atoms with Crippen LogP contribution in [0.3, 0.4) is 0 Å². The third-order valence-electron chi connectivity index (χ3n) is 3.85. The summed E-state index contributed by atoms with van der Waals surface area (Å²) in [6.45, 7) is 3.72. The summed E-state index contributed by atoms with van der Waals surface area (Å²) < 4.78 is 17.7. The molecule has 1 saturated heterocycles. The molecule has 0 amide bonds. The summed E-state index contributed by atoms with van der Waals surface area (Å²) in [4.78, 5) is 0. The first-order valence-corrected chi connectivity index (χ1v) is 8.34. The number of ether oxygens (including phenoxy) is 1. The van der Waals surface area contributed by atoms with Gasteiger partial charge in [-0.15, -0.1) is 0 Å². The first-order chi connectivity index (χ1) is 9.20.